The zero-order valence-corrected chi connectivity index (χ0v) is 13.7. The van der Waals surface area contributed by atoms with E-state index in [1.54, 1.807) is 6.07 Å². The van der Waals surface area contributed by atoms with Crippen molar-refractivity contribution in [3.63, 3.8) is 0 Å². The highest BCUT2D eigenvalue weighted by Crippen LogP contribution is 2.21. The van der Waals surface area contributed by atoms with E-state index in [9.17, 15) is 4.79 Å². The summed E-state index contributed by atoms with van der Waals surface area (Å²) in [5.41, 5.74) is 3.66. The fourth-order valence-electron chi connectivity index (χ4n) is 2.39. The Morgan fingerprint density at radius 1 is 1.04 bits per heavy atom. The molecular formula is C20H19NO3. The SMILES string of the molecule is Cc1cccc(NC(=O)c2occc2COc2ccccc2)c1C. The van der Waals surface area contributed by atoms with Crippen molar-refractivity contribution < 1.29 is 13.9 Å². The van der Waals surface area contributed by atoms with Gasteiger partial charge in [0.15, 0.2) is 5.76 Å². The van der Waals surface area contributed by atoms with E-state index in [1.807, 2.05) is 62.4 Å². The number of furan rings is 1. The normalized spacial score (nSPS) is 10.4. The number of aryl methyl sites for hydroxylation is 1. The van der Waals surface area contributed by atoms with Gasteiger partial charge in [-0.25, -0.2) is 0 Å². The van der Waals surface area contributed by atoms with Crippen molar-refractivity contribution in [1.82, 2.24) is 0 Å². The first-order valence-electron chi connectivity index (χ1n) is 7.77. The Balaban J connectivity index is 1.72. The number of hydrogen-bond acceptors (Lipinski definition) is 3. The highest BCUT2D eigenvalue weighted by molar-refractivity contribution is 6.03. The molecule has 0 unspecified atom stereocenters. The summed E-state index contributed by atoms with van der Waals surface area (Å²) in [6, 6.07) is 17.0. The molecule has 1 N–H and O–H groups in total. The number of anilines is 1. The van der Waals surface area contributed by atoms with Crippen LogP contribution in [0, 0.1) is 13.8 Å². The van der Waals surface area contributed by atoms with Crippen molar-refractivity contribution in [2.24, 2.45) is 0 Å². The predicted molar refractivity (Wildman–Crippen MR) is 93.4 cm³/mol. The summed E-state index contributed by atoms with van der Waals surface area (Å²) < 4.78 is 11.1. The van der Waals surface area contributed by atoms with Crippen LogP contribution >= 0.6 is 0 Å². The van der Waals surface area contributed by atoms with Gasteiger partial charge in [0.25, 0.3) is 5.91 Å². The lowest BCUT2D eigenvalue weighted by atomic mass is 10.1. The van der Waals surface area contributed by atoms with E-state index in [0.717, 1.165) is 22.6 Å². The molecule has 0 saturated carbocycles. The van der Waals surface area contributed by atoms with E-state index < -0.39 is 0 Å². The van der Waals surface area contributed by atoms with Crippen molar-refractivity contribution in [2.75, 3.05) is 5.32 Å². The van der Waals surface area contributed by atoms with Gasteiger partial charge >= 0.3 is 0 Å². The molecule has 122 valence electrons. The van der Waals surface area contributed by atoms with Gasteiger partial charge in [-0.2, -0.15) is 0 Å². The third-order valence-electron chi connectivity index (χ3n) is 3.94. The Morgan fingerprint density at radius 2 is 1.83 bits per heavy atom. The quantitative estimate of drug-likeness (QED) is 0.739. The molecule has 0 aliphatic rings. The molecule has 3 aromatic rings. The molecule has 0 spiro atoms. The third kappa shape index (κ3) is 3.49. The molecule has 1 amide bonds. The Kier molecular flexibility index (Phi) is 4.66. The first kappa shape index (κ1) is 15.9. The summed E-state index contributed by atoms with van der Waals surface area (Å²) >= 11 is 0. The molecule has 0 aliphatic carbocycles. The van der Waals surface area contributed by atoms with E-state index in [1.165, 1.54) is 6.26 Å². The second-order valence-electron chi connectivity index (χ2n) is 5.58. The van der Waals surface area contributed by atoms with E-state index in [0.29, 0.717) is 5.56 Å². The maximum atomic E-state index is 12.5. The molecule has 0 aliphatic heterocycles. The molecule has 1 heterocycles. The van der Waals surface area contributed by atoms with Crippen molar-refractivity contribution in [1.29, 1.82) is 0 Å². The number of carbonyl (C=O) groups excluding carboxylic acids is 1. The summed E-state index contributed by atoms with van der Waals surface area (Å²) in [6.45, 7) is 4.26. The molecule has 0 atom stereocenters. The largest absolute Gasteiger partial charge is 0.489 e. The molecular weight excluding hydrogens is 302 g/mol. The van der Waals surface area contributed by atoms with Gasteiger partial charge < -0.3 is 14.5 Å². The van der Waals surface area contributed by atoms with Crippen LogP contribution in [-0.4, -0.2) is 5.91 Å². The summed E-state index contributed by atoms with van der Waals surface area (Å²) in [5, 5.41) is 2.90. The minimum Gasteiger partial charge on any atom is -0.489 e. The van der Waals surface area contributed by atoms with Gasteiger partial charge in [-0.15, -0.1) is 0 Å². The molecule has 0 radical (unpaired) electrons. The number of carbonyl (C=O) groups is 1. The van der Waals surface area contributed by atoms with Crippen molar-refractivity contribution in [3.8, 4) is 5.75 Å². The van der Waals surface area contributed by atoms with E-state index in [-0.39, 0.29) is 18.3 Å². The van der Waals surface area contributed by atoms with Crippen LogP contribution in [0.4, 0.5) is 5.69 Å². The lowest BCUT2D eigenvalue weighted by Gasteiger charge is -2.10. The number of para-hydroxylation sites is 1. The highest BCUT2D eigenvalue weighted by atomic mass is 16.5. The minimum absolute atomic E-state index is 0.270. The maximum absolute atomic E-state index is 12.5. The average molecular weight is 321 g/mol. The van der Waals surface area contributed by atoms with Gasteiger partial charge in [0.05, 0.1) is 6.26 Å². The number of benzene rings is 2. The van der Waals surface area contributed by atoms with Crippen LogP contribution < -0.4 is 10.1 Å². The van der Waals surface area contributed by atoms with Gasteiger partial charge in [0, 0.05) is 11.3 Å². The summed E-state index contributed by atoms with van der Waals surface area (Å²) in [4.78, 5) is 12.5. The summed E-state index contributed by atoms with van der Waals surface area (Å²) in [7, 11) is 0. The van der Waals surface area contributed by atoms with Gasteiger partial charge in [-0.3, -0.25) is 4.79 Å². The smallest absolute Gasteiger partial charge is 0.291 e. The van der Waals surface area contributed by atoms with Crippen molar-refractivity contribution in [3.05, 3.63) is 83.3 Å². The average Bonchev–Trinajstić information content (AvgIpc) is 3.07. The Morgan fingerprint density at radius 3 is 2.62 bits per heavy atom. The lowest BCUT2D eigenvalue weighted by Crippen LogP contribution is -2.14. The predicted octanol–water partition coefficient (Wildman–Crippen LogP) is 4.73. The summed E-state index contributed by atoms with van der Waals surface area (Å²) in [6.07, 6.45) is 1.50. The molecule has 4 heteroatoms. The van der Waals surface area contributed by atoms with Gasteiger partial charge in [-0.05, 0) is 49.2 Å². The second kappa shape index (κ2) is 7.04. The molecule has 4 nitrogen and oxygen atoms in total. The van der Waals surface area contributed by atoms with Crippen LogP contribution in [-0.2, 0) is 6.61 Å². The zero-order valence-electron chi connectivity index (χ0n) is 13.7. The number of amides is 1. The fraction of sp³-hybridized carbons (Fsp3) is 0.150. The fourth-order valence-corrected chi connectivity index (χ4v) is 2.39. The second-order valence-corrected chi connectivity index (χ2v) is 5.58. The van der Waals surface area contributed by atoms with Gasteiger partial charge in [0.2, 0.25) is 0 Å². The minimum atomic E-state index is -0.277. The maximum Gasteiger partial charge on any atom is 0.291 e. The molecule has 24 heavy (non-hydrogen) atoms. The topological polar surface area (TPSA) is 51.5 Å². The van der Waals surface area contributed by atoms with Crippen molar-refractivity contribution >= 4 is 11.6 Å². The Labute approximate surface area is 141 Å². The lowest BCUT2D eigenvalue weighted by molar-refractivity contribution is 0.0993. The zero-order chi connectivity index (χ0) is 16.9. The van der Waals surface area contributed by atoms with E-state index in [2.05, 4.69) is 5.32 Å². The molecule has 1 aromatic heterocycles. The molecule has 0 saturated heterocycles. The number of hydrogen-bond donors (Lipinski definition) is 1. The van der Waals surface area contributed by atoms with Crippen LogP contribution in [0.3, 0.4) is 0 Å². The van der Waals surface area contributed by atoms with Crippen LogP contribution in [0.25, 0.3) is 0 Å². The first-order valence-corrected chi connectivity index (χ1v) is 7.77. The molecule has 3 rings (SSSR count). The van der Waals surface area contributed by atoms with Gasteiger partial charge in [0.1, 0.15) is 12.4 Å². The third-order valence-corrected chi connectivity index (χ3v) is 3.94. The number of ether oxygens (including phenoxy) is 1. The van der Waals surface area contributed by atoms with E-state index in [4.69, 9.17) is 9.15 Å². The van der Waals surface area contributed by atoms with Gasteiger partial charge in [-0.1, -0.05) is 30.3 Å². The van der Waals surface area contributed by atoms with Crippen molar-refractivity contribution in [2.45, 2.75) is 20.5 Å². The van der Waals surface area contributed by atoms with Crippen LogP contribution in [0.5, 0.6) is 5.75 Å². The summed E-state index contributed by atoms with van der Waals surface area (Å²) in [5.74, 6) is 0.742. The Hall–Kier alpha value is -3.01. The monoisotopic (exact) mass is 321 g/mol. The van der Waals surface area contributed by atoms with Crippen LogP contribution in [0.15, 0.2) is 65.3 Å². The molecule has 0 bridgehead atoms. The standard InChI is InChI=1S/C20H19NO3/c1-14-7-6-10-18(15(14)2)21-20(22)19-16(11-12-23-19)13-24-17-8-4-3-5-9-17/h3-12H,13H2,1-2H3,(H,21,22). The highest BCUT2D eigenvalue weighted by Gasteiger charge is 2.17. The number of rotatable bonds is 5. The van der Waals surface area contributed by atoms with E-state index >= 15 is 0 Å². The number of nitrogens with one attached hydrogen (secondary N) is 1. The van der Waals surface area contributed by atoms with Crippen LogP contribution in [0.2, 0.25) is 0 Å². The Bertz CT molecular complexity index is 837. The first-order chi connectivity index (χ1) is 11.6. The molecule has 0 fully saturated rings. The molecule has 2 aromatic carbocycles. The van der Waals surface area contributed by atoms with Crippen LogP contribution in [0.1, 0.15) is 27.2 Å².